The van der Waals surface area contributed by atoms with Crippen LogP contribution < -0.4 is 5.73 Å². The van der Waals surface area contributed by atoms with E-state index in [4.69, 9.17) is 19.7 Å². The van der Waals surface area contributed by atoms with Gasteiger partial charge in [0.1, 0.15) is 48.6 Å². The van der Waals surface area contributed by atoms with Gasteiger partial charge in [-0.15, -0.1) is 0 Å². The molecule has 0 spiro atoms. The van der Waals surface area contributed by atoms with Crippen molar-refractivity contribution in [1.29, 1.82) is 10.5 Å². The van der Waals surface area contributed by atoms with Gasteiger partial charge in [0.15, 0.2) is 5.82 Å². The number of nitrogens with zero attached hydrogens (tertiary/aromatic N) is 6. The van der Waals surface area contributed by atoms with Gasteiger partial charge in [0.2, 0.25) is 5.60 Å². The molecule has 1 saturated heterocycles. The minimum absolute atomic E-state index is 0.0536. The lowest BCUT2D eigenvalue weighted by Gasteiger charge is -2.30. The Balaban J connectivity index is 1.24. The molecule has 0 radical (unpaired) electrons. The van der Waals surface area contributed by atoms with E-state index in [-0.39, 0.29) is 42.8 Å². The number of aromatic nitrogens is 3. The number of benzene rings is 1. The van der Waals surface area contributed by atoms with Gasteiger partial charge in [0, 0.05) is 6.54 Å². The summed E-state index contributed by atoms with van der Waals surface area (Å²) in [6, 6.07) is 11.0. The molecule has 2 aromatic heterocycles. The molecule has 60 heavy (non-hydrogen) atoms. The first kappa shape index (κ1) is 49.2. The van der Waals surface area contributed by atoms with Crippen molar-refractivity contribution in [2.45, 2.75) is 159 Å². The van der Waals surface area contributed by atoms with Gasteiger partial charge >= 0.3 is 7.75 Å². The summed E-state index contributed by atoms with van der Waals surface area (Å²) in [5.74, 6) is -0.577. The van der Waals surface area contributed by atoms with Crippen LogP contribution in [0.1, 0.15) is 152 Å². The van der Waals surface area contributed by atoms with E-state index >= 15 is 0 Å². The highest BCUT2D eigenvalue weighted by molar-refractivity contribution is 7.50. The number of hydrogen-bond donors (Lipinski definition) is 4. The van der Waals surface area contributed by atoms with Gasteiger partial charge in [-0.05, 0) is 55.3 Å². The SMILES string of the molecule is CCCCCCCCCCCCCCCCCCCC[C@@H](COCc1cc(F)cc(C#N)c1)CN(C)P(=O)(O)OC[C@@]1(C#N)O[C@@H](c2ccc3c(N)ncnn23)[C@H](O)[C@@H]1O. The number of rotatable bonds is 30. The van der Waals surface area contributed by atoms with Crippen LogP contribution in [0.4, 0.5) is 10.2 Å². The number of anilines is 1. The largest absolute Gasteiger partial charge is 0.405 e. The van der Waals surface area contributed by atoms with Crippen LogP contribution in [0.5, 0.6) is 0 Å². The van der Waals surface area contributed by atoms with Gasteiger partial charge in [-0.25, -0.2) is 23.1 Å². The second-order valence-electron chi connectivity index (χ2n) is 16.4. The molecule has 1 aromatic carbocycles. The Morgan fingerprint density at radius 1 is 0.967 bits per heavy atom. The van der Waals surface area contributed by atoms with E-state index in [1.54, 1.807) is 18.2 Å². The number of nitrogen functional groups attached to an aromatic ring is 1. The predicted octanol–water partition coefficient (Wildman–Crippen LogP) is 8.69. The van der Waals surface area contributed by atoms with Crippen LogP contribution in [0.25, 0.3) is 5.52 Å². The lowest BCUT2D eigenvalue weighted by molar-refractivity contribution is -0.0722. The molecule has 1 aliphatic rings. The van der Waals surface area contributed by atoms with Crippen molar-refractivity contribution in [2.24, 2.45) is 5.92 Å². The average Bonchev–Trinajstić information content (AvgIpc) is 3.78. The molecular formula is C44H67FN7O7P. The Hall–Kier alpha value is -3.50. The topological polar surface area (TPSA) is 212 Å². The summed E-state index contributed by atoms with van der Waals surface area (Å²) in [5, 5.41) is 45.5. The van der Waals surface area contributed by atoms with Crippen LogP contribution in [0.3, 0.4) is 0 Å². The number of nitriles is 2. The fourth-order valence-electron chi connectivity index (χ4n) is 7.93. The Bertz CT molecular complexity index is 1870. The fourth-order valence-corrected chi connectivity index (χ4v) is 8.93. The number of aliphatic hydroxyl groups excluding tert-OH is 2. The Labute approximate surface area is 355 Å². The first-order valence-electron chi connectivity index (χ1n) is 21.9. The molecule has 0 aliphatic carbocycles. The summed E-state index contributed by atoms with van der Waals surface area (Å²) in [7, 11) is -3.15. The Kier molecular flexibility index (Phi) is 20.8. The minimum Gasteiger partial charge on any atom is -0.387 e. The second kappa shape index (κ2) is 25.4. The number of fused-ring (bicyclic) bond motifs is 1. The summed E-state index contributed by atoms with van der Waals surface area (Å²) in [5.41, 5.74) is 5.16. The summed E-state index contributed by atoms with van der Waals surface area (Å²) < 4.78 is 47.6. The van der Waals surface area contributed by atoms with Crippen molar-refractivity contribution in [3.05, 3.63) is 59.3 Å². The van der Waals surface area contributed by atoms with Crippen LogP contribution in [0.15, 0.2) is 36.7 Å². The van der Waals surface area contributed by atoms with E-state index < -0.39 is 44.1 Å². The van der Waals surface area contributed by atoms with E-state index in [1.165, 1.54) is 114 Å². The number of hydrogen-bond acceptors (Lipinski definition) is 11. The molecule has 3 heterocycles. The van der Waals surface area contributed by atoms with E-state index in [0.29, 0.717) is 17.5 Å². The summed E-state index contributed by atoms with van der Waals surface area (Å²) >= 11 is 0. The fraction of sp³-hybridized carbons (Fsp3) is 0.682. The van der Waals surface area contributed by atoms with Crippen LogP contribution in [0, 0.1) is 34.4 Å². The van der Waals surface area contributed by atoms with Crippen molar-refractivity contribution in [1.82, 2.24) is 19.3 Å². The van der Waals surface area contributed by atoms with Gasteiger partial charge in [0.25, 0.3) is 0 Å². The minimum atomic E-state index is -4.58. The molecule has 0 bridgehead atoms. The third kappa shape index (κ3) is 14.8. The molecule has 3 aromatic rings. The molecule has 16 heteroatoms. The smallest absolute Gasteiger partial charge is 0.387 e. The lowest BCUT2D eigenvalue weighted by atomic mass is 9.96. The summed E-state index contributed by atoms with van der Waals surface area (Å²) in [6.07, 6.45) is 20.1. The maximum absolute atomic E-state index is 14.1. The summed E-state index contributed by atoms with van der Waals surface area (Å²) in [4.78, 5) is 15.0. The summed E-state index contributed by atoms with van der Waals surface area (Å²) in [6.45, 7) is 1.77. The monoisotopic (exact) mass is 855 g/mol. The molecule has 0 saturated carbocycles. The molecule has 1 aliphatic heterocycles. The molecule has 6 atom stereocenters. The quantitative estimate of drug-likeness (QED) is 0.0365. The van der Waals surface area contributed by atoms with Crippen molar-refractivity contribution < 1.29 is 38.1 Å². The van der Waals surface area contributed by atoms with Crippen molar-refractivity contribution in [2.75, 3.05) is 32.5 Å². The molecular weight excluding hydrogens is 788 g/mol. The number of ether oxygens (including phenoxy) is 2. The zero-order chi connectivity index (χ0) is 43.4. The van der Waals surface area contributed by atoms with E-state index in [0.717, 1.165) is 36.4 Å². The first-order valence-corrected chi connectivity index (χ1v) is 23.5. The number of halogens is 1. The highest BCUT2D eigenvalue weighted by atomic mass is 31.2. The molecule has 332 valence electrons. The van der Waals surface area contributed by atoms with E-state index in [9.17, 15) is 34.6 Å². The first-order chi connectivity index (χ1) is 28.9. The van der Waals surface area contributed by atoms with Crippen LogP contribution in [0.2, 0.25) is 0 Å². The average molecular weight is 856 g/mol. The number of unbranched alkanes of at least 4 members (excludes halogenated alkanes) is 17. The number of aliphatic hydroxyl groups is 2. The van der Waals surface area contributed by atoms with Crippen molar-refractivity contribution in [3.63, 3.8) is 0 Å². The van der Waals surface area contributed by atoms with Crippen LogP contribution >= 0.6 is 7.75 Å². The van der Waals surface area contributed by atoms with Gasteiger partial charge in [-0.2, -0.15) is 15.6 Å². The van der Waals surface area contributed by atoms with Crippen molar-refractivity contribution >= 4 is 19.1 Å². The molecule has 14 nitrogen and oxygen atoms in total. The zero-order valence-electron chi connectivity index (χ0n) is 35.6. The Morgan fingerprint density at radius 2 is 1.57 bits per heavy atom. The normalized spacial score (nSPS) is 20.6. The van der Waals surface area contributed by atoms with Crippen LogP contribution in [-0.4, -0.2) is 79.0 Å². The predicted molar refractivity (Wildman–Crippen MR) is 228 cm³/mol. The molecule has 5 N–H and O–H groups in total. The van der Waals surface area contributed by atoms with Gasteiger partial charge in [0.05, 0.1) is 30.5 Å². The molecule has 1 fully saturated rings. The molecule has 4 rings (SSSR count). The van der Waals surface area contributed by atoms with Crippen molar-refractivity contribution in [3.8, 4) is 12.1 Å². The Morgan fingerprint density at radius 3 is 2.15 bits per heavy atom. The highest BCUT2D eigenvalue weighted by Gasteiger charge is 2.57. The maximum atomic E-state index is 14.1. The third-order valence-corrected chi connectivity index (χ3v) is 13.0. The van der Waals surface area contributed by atoms with E-state index in [2.05, 4.69) is 17.0 Å². The maximum Gasteiger partial charge on any atom is 0.405 e. The van der Waals surface area contributed by atoms with Gasteiger partial charge in [-0.3, -0.25) is 4.52 Å². The van der Waals surface area contributed by atoms with Gasteiger partial charge < -0.3 is 30.3 Å². The van der Waals surface area contributed by atoms with E-state index in [1.807, 2.05) is 12.1 Å². The number of nitrogens with two attached hydrogens (primary N) is 1. The molecule has 0 amide bonds. The second-order valence-corrected chi connectivity index (χ2v) is 18.3. The van der Waals surface area contributed by atoms with Gasteiger partial charge in [-0.1, -0.05) is 122 Å². The highest BCUT2D eigenvalue weighted by Crippen LogP contribution is 2.49. The molecule has 1 unspecified atom stereocenters. The standard InChI is InChI=1S/C44H67FN7O7P/c1-3-4-5-6-7-8-9-10-11-12-13-14-15-16-17-18-19-20-21-34(29-57-30-36-24-35(27-46)25-37(45)26-36)28-51(2)60(55,56)58-32-44(31-47)42(54)40(53)41(59-44)38-22-23-39-43(48)49-33-50-52(38)39/h22-26,33-34,40-42,53-54H,3-21,28-30,32H2,1-2H3,(H,55,56)(H2,48,49,50)/t34-,40+,41+,42+,44-/m1/s1. The third-order valence-electron chi connectivity index (χ3n) is 11.5. The van der Waals surface area contributed by atoms with Crippen LogP contribution in [-0.2, 0) is 25.2 Å². The lowest BCUT2D eigenvalue weighted by Crippen LogP contribution is -2.46. The zero-order valence-corrected chi connectivity index (χ0v) is 36.5.